The van der Waals surface area contributed by atoms with E-state index in [4.69, 9.17) is 0 Å². The average molecular weight is 428 g/mol. The molecule has 5 nitrogen and oxygen atoms in total. The van der Waals surface area contributed by atoms with Crippen molar-refractivity contribution < 1.29 is 8.78 Å². The number of nitrogens with one attached hydrogen (secondary N) is 1. The summed E-state index contributed by atoms with van der Waals surface area (Å²) in [5.74, 6) is -1.24. The SMILES string of the molecule is Cn1cc(-c2cnc3ccc4ccc(NCc5ccc(F)cc5F)cc4c(=O)c3c2)cn1. The van der Waals surface area contributed by atoms with E-state index in [1.165, 1.54) is 12.1 Å². The Morgan fingerprint density at radius 1 is 0.938 bits per heavy atom. The van der Waals surface area contributed by atoms with Gasteiger partial charge < -0.3 is 5.32 Å². The molecule has 1 N–H and O–H groups in total. The van der Waals surface area contributed by atoms with Gasteiger partial charge in [0.25, 0.3) is 0 Å². The number of aromatic nitrogens is 3. The second-order valence-electron chi connectivity index (χ2n) is 7.61. The van der Waals surface area contributed by atoms with Gasteiger partial charge >= 0.3 is 0 Å². The Kier molecular flexibility index (Phi) is 4.86. The molecular weight excluding hydrogens is 410 g/mol. The first-order chi connectivity index (χ1) is 15.5. The number of fused-ring (bicyclic) bond motifs is 2. The van der Waals surface area contributed by atoms with Crippen LogP contribution in [0.15, 0.2) is 78.0 Å². The van der Waals surface area contributed by atoms with Gasteiger partial charge in [-0.3, -0.25) is 14.5 Å². The zero-order valence-electron chi connectivity index (χ0n) is 17.1. The third-order valence-electron chi connectivity index (χ3n) is 5.42. The molecule has 0 aliphatic rings. The van der Waals surface area contributed by atoms with Gasteiger partial charge in [-0.15, -0.1) is 0 Å². The fraction of sp³-hybridized carbons (Fsp3) is 0.0800. The Balaban J connectivity index is 1.57. The highest BCUT2D eigenvalue weighted by Crippen LogP contribution is 2.23. The van der Waals surface area contributed by atoms with Crippen LogP contribution in [0.4, 0.5) is 14.5 Å². The molecule has 0 spiro atoms. The van der Waals surface area contributed by atoms with E-state index in [1.807, 2.05) is 43.6 Å². The topological polar surface area (TPSA) is 59.8 Å². The van der Waals surface area contributed by atoms with Gasteiger partial charge in [-0.1, -0.05) is 18.2 Å². The zero-order valence-corrected chi connectivity index (χ0v) is 17.1. The molecule has 5 rings (SSSR count). The molecule has 0 saturated heterocycles. The van der Waals surface area contributed by atoms with E-state index in [-0.39, 0.29) is 12.0 Å². The van der Waals surface area contributed by atoms with Crippen LogP contribution in [0, 0.1) is 11.6 Å². The minimum absolute atomic E-state index is 0.144. The molecule has 0 aliphatic carbocycles. The predicted molar refractivity (Wildman–Crippen MR) is 121 cm³/mol. The summed E-state index contributed by atoms with van der Waals surface area (Å²) in [6.45, 7) is 0.165. The van der Waals surface area contributed by atoms with Crippen molar-refractivity contribution in [1.29, 1.82) is 0 Å². The third kappa shape index (κ3) is 3.69. The fourth-order valence-corrected chi connectivity index (χ4v) is 3.70. The Bertz CT molecular complexity index is 1550. The molecule has 0 fully saturated rings. The van der Waals surface area contributed by atoms with Crippen LogP contribution in [0.25, 0.3) is 32.8 Å². The summed E-state index contributed by atoms with van der Waals surface area (Å²) < 4.78 is 28.8. The molecule has 2 heterocycles. The van der Waals surface area contributed by atoms with Gasteiger partial charge in [-0.25, -0.2) is 8.78 Å². The van der Waals surface area contributed by atoms with E-state index in [0.29, 0.717) is 27.5 Å². The average Bonchev–Trinajstić information content (AvgIpc) is 3.17. The van der Waals surface area contributed by atoms with Gasteiger partial charge in [0, 0.05) is 65.2 Å². The molecule has 7 heteroatoms. The number of benzene rings is 2. The highest BCUT2D eigenvalue weighted by molar-refractivity contribution is 5.94. The molecule has 0 unspecified atom stereocenters. The molecule has 0 bridgehead atoms. The zero-order chi connectivity index (χ0) is 22.2. The lowest BCUT2D eigenvalue weighted by atomic mass is 10.1. The lowest BCUT2D eigenvalue weighted by Crippen LogP contribution is -2.04. The summed E-state index contributed by atoms with van der Waals surface area (Å²) in [4.78, 5) is 17.9. The predicted octanol–water partition coefficient (Wildman–Crippen LogP) is 5.04. The van der Waals surface area contributed by atoms with Gasteiger partial charge in [0.2, 0.25) is 0 Å². The van der Waals surface area contributed by atoms with E-state index in [2.05, 4.69) is 15.4 Å². The van der Waals surface area contributed by atoms with E-state index < -0.39 is 11.6 Å². The standard InChI is InChI=1S/C25H18F2N4O/c1-31-14-18(13-30-31)17-8-22-24(29-12-17)7-4-15-3-6-20(10-21(15)25(22)32)28-11-16-2-5-19(26)9-23(16)27/h2-10,12-14,28H,11H2,1H3. The van der Waals surface area contributed by atoms with Crippen molar-refractivity contribution in [2.45, 2.75) is 6.54 Å². The normalized spacial score (nSPS) is 11.2. The molecular formula is C25H18F2N4O. The van der Waals surface area contributed by atoms with Crippen molar-refractivity contribution in [1.82, 2.24) is 14.8 Å². The maximum atomic E-state index is 13.9. The first-order valence-electron chi connectivity index (χ1n) is 10.0. The number of nitrogens with zero attached hydrogens (tertiary/aromatic N) is 3. The summed E-state index contributed by atoms with van der Waals surface area (Å²) in [7, 11) is 1.83. The molecule has 3 aromatic carbocycles. The summed E-state index contributed by atoms with van der Waals surface area (Å²) in [6, 6.07) is 14.4. The van der Waals surface area contributed by atoms with E-state index in [1.54, 1.807) is 23.1 Å². The highest BCUT2D eigenvalue weighted by Gasteiger charge is 2.09. The van der Waals surface area contributed by atoms with Crippen LogP contribution in [-0.2, 0) is 13.6 Å². The summed E-state index contributed by atoms with van der Waals surface area (Å²) in [5.41, 5.74) is 3.14. The minimum Gasteiger partial charge on any atom is -0.381 e. The molecule has 158 valence electrons. The lowest BCUT2D eigenvalue weighted by molar-refractivity contribution is 0.574. The smallest absolute Gasteiger partial charge is 0.195 e. The van der Waals surface area contributed by atoms with Gasteiger partial charge in [0.05, 0.1) is 11.7 Å². The maximum absolute atomic E-state index is 13.9. The molecule has 0 saturated carbocycles. The molecule has 2 aromatic heterocycles. The number of anilines is 1. The highest BCUT2D eigenvalue weighted by atomic mass is 19.1. The van der Waals surface area contributed by atoms with Crippen LogP contribution >= 0.6 is 0 Å². The van der Waals surface area contributed by atoms with Gasteiger partial charge in [0.15, 0.2) is 5.43 Å². The number of hydrogen-bond donors (Lipinski definition) is 1. The maximum Gasteiger partial charge on any atom is 0.195 e. The summed E-state index contributed by atoms with van der Waals surface area (Å²) in [6.07, 6.45) is 5.32. The van der Waals surface area contributed by atoms with E-state index in [0.717, 1.165) is 22.6 Å². The Morgan fingerprint density at radius 2 is 1.78 bits per heavy atom. The number of halogens is 2. The minimum atomic E-state index is -0.619. The van der Waals surface area contributed by atoms with Gasteiger partial charge in [-0.2, -0.15) is 5.10 Å². The van der Waals surface area contributed by atoms with E-state index in [9.17, 15) is 13.6 Å². The second kappa shape index (κ2) is 7.85. The van der Waals surface area contributed by atoms with Crippen LogP contribution in [0.3, 0.4) is 0 Å². The third-order valence-corrected chi connectivity index (χ3v) is 5.42. The molecule has 0 radical (unpaired) electrons. The molecule has 5 aromatic rings. The van der Waals surface area contributed by atoms with Crippen LogP contribution < -0.4 is 10.7 Å². The van der Waals surface area contributed by atoms with Crippen molar-refractivity contribution in [3.8, 4) is 11.1 Å². The van der Waals surface area contributed by atoms with Crippen LogP contribution in [0.5, 0.6) is 0 Å². The first kappa shape index (κ1) is 19.8. The van der Waals surface area contributed by atoms with E-state index >= 15 is 0 Å². The molecule has 0 aliphatic heterocycles. The first-order valence-corrected chi connectivity index (χ1v) is 10.0. The van der Waals surface area contributed by atoms with Crippen molar-refractivity contribution in [3.05, 3.63) is 101 Å². The van der Waals surface area contributed by atoms with Crippen molar-refractivity contribution >= 4 is 27.4 Å². The molecule has 32 heavy (non-hydrogen) atoms. The van der Waals surface area contributed by atoms with Gasteiger partial charge in [0.1, 0.15) is 11.6 Å². The Morgan fingerprint density at radius 3 is 2.56 bits per heavy atom. The second-order valence-corrected chi connectivity index (χ2v) is 7.61. The number of pyridine rings is 1. The van der Waals surface area contributed by atoms with Crippen molar-refractivity contribution in [2.75, 3.05) is 5.32 Å². The Hall–Kier alpha value is -4.13. The van der Waals surface area contributed by atoms with Crippen molar-refractivity contribution in [3.63, 3.8) is 0 Å². The van der Waals surface area contributed by atoms with Gasteiger partial charge in [-0.05, 0) is 35.7 Å². The monoisotopic (exact) mass is 428 g/mol. The summed E-state index contributed by atoms with van der Waals surface area (Å²) in [5, 5.41) is 9.09. The van der Waals surface area contributed by atoms with Crippen molar-refractivity contribution in [2.24, 2.45) is 7.05 Å². The number of rotatable bonds is 4. The summed E-state index contributed by atoms with van der Waals surface area (Å²) >= 11 is 0. The lowest BCUT2D eigenvalue weighted by Gasteiger charge is -2.08. The van der Waals surface area contributed by atoms with Crippen LogP contribution in [0.2, 0.25) is 0 Å². The molecule has 0 amide bonds. The molecule has 0 atom stereocenters. The largest absolute Gasteiger partial charge is 0.381 e. The van der Waals surface area contributed by atoms with Crippen LogP contribution in [-0.4, -0.2) is 14.8 Å². The quantitative estimate of drug-likeness (QED) is 0.436. The Labute approximate surface area is 182 Å². The van der Waals surface area contributed by atoms with Crippen LogP contribution in [0.1, 0.15) is 5.56 Å². The fourth-order valence-electron chi connectivity index (χ4n) is 3.70. The number of aryl methyl sites for hydroxylation is 1. The number of hydrogen-bond acceptors (Lipinski definition) is 4.